The third-order valence-corrected chi connectivity index (χ3v) is 2.89. The second-order valence-corrected chi connectivity index (χ2v) is 4.21. The van der Waals surface area contributed by atoms with Crippen molar-refractivity contribution in [3.05, 3.63) is 15.0 Å². The number of thiazole rings is 1. The summed E-state index contributed by atoms with van der Waals surface area (Å²) in [5, 5.41) is 1.87. The van der Waals surface area contributed by atoms with Crippen LogP contribution in [0.5, 0.6) is 0 Å². The largest absolute Gasteiger partial charge is 0.466 e. The number of carbonyl (C=O) groups is 1. The third kappa shape index (κ3) is 2.33. The van der Waals surface area contributed by atoms with E-state index in [1.54, 1.807) is 6.92 Å². The van der Waals surface area contributed by atoms with Crippen LogP contribution in [0.3, 0.4) is 0 Å². The van der Waals surface area contributed by atoms with E-state index in [-0.39, 0.29) is 0 Å². The van der Waals surface area contributed by atoms with Crippen LogP contribution in [-0.2, 0) is 9.53 Å². The molecule has 0 amide bonds. The Morgan fingerprint density at radius 1 is 1.71 bits per heavy atom. The van der Waals surface area contributed by atoms with E-state index in [1.165, 1.54) is 23.2 Å². The van der Waals surface area contributed by atoms with Gasteiger partial charge in [0, 0.05) is 5.38 Å². The van der Waals surface area contributed by atoms with Gasteiger partial charge in [-0.25, -0.2) is 4.79 Å². The van der Waals surface area contributed by atoms with Crippen LogP contribution in [0.25, 0.3) is 0 Å². The molecule has 1 atom stereocenters. The molecule has 0 aromatic carbocycles. The lowest BCUT2D eigenvalue weighted by molar-refractivity contribution is -0.153. The van der Waals surface area contributed by atoms with Crippen molar-refractivity contribution in [1.29, 1.82) is 0 Å². The smallest absolute Gasteiger partial charge is 0.349 e. The van der Waals surface area contributed by atoms with E-state index in [2.05, 4.69) is 4.74 Å². The van der Waals surface area contributed by atoms with Crippen molar-refractivity contribution in [3.63, 3.8) is 0 Å². The Balaban J connectivity index is 2.79. The highest BCUT2D eigenvalue weighted by Crippen LogP contribution is 2.08. The molecule has 0 aliphatic carbocycles. The molecule has 0 aliphatic heterocycles. The predicted molar refractivity (Wildman–Crippen MR) is 55.9 cm³/mol. The molecule has 6 heteroatoms. The maximum absolute atomic E-state index is 11.1. The number of carbonyl (C=O) groups excluding carboxylic acids is 1. The highest BCUT2D eigenvalue weighted by molar-refractivity contribution is 7.73. The average molecular weight is 233 g/mol. The zero-order valence-electron chi connectivity index (χ0n) is 8.14. The molecule has 0 spiro atoms. The van der Waals surface area contributed by atoms with Gasteiger partial charge in [-0.1, -0.05) is 0 Å². The summed E-state index contributed by atoms with van der Waals surface area (Å²) in [5.74, 6) is -0.419. The highest BCUT2D eigenvalue weighted by atomic mass is 32.1. The van der Waals surface area contributed by atoms with Gasteiger partial charge in [-0.05, 0) is 26.1 Å². The lowest BCUT2D eigenvalue weighted by Gasteiger charge is -2.13. The van der Waals surface area contributed by atoms with Crippen LogP contribution in [0.15, 0.2) is 5.38 Å². The van der Waals surface area contributed by atoms with Gasteiger partial charge in [-0.3, -0.25) is 0 Å². The van der Waals surface area contributed by atoms with Gasteiger partial charge < -0.3 is 9.57 Å². The summed E-state index contributed by atoms with van der Waals surface area (Å²) >= 11 is 6.41. The van der Waals surface area contributed by atoms with Crippen molar-refractivity contribution < 1.29 is 14.4 Å². The number of nitrogens with zero attached hydrogens (tertiary/aromatic N) is 1. The topological polar surface area (TPSA) is 40.5 Å². The molecule has 0 bridgehead atoms. The number of rotatable bonds is 3. The van der Waals surface area contributed by atoms with Crippen LogP contribution in [0.1, 0.15) is 12.6 Å². The minimum absolute atomic E-state index is 0.419. The molecule has 1 aromatic heterocycles. The van der Waals surface area contributed by atoms with Crippen LogP contribution >= 0.6 is 23.6 Å². The molecule has 1 rings (SSSR count). The molecule has 0 saturated carbocycles. The lowest BCUT2D eigenvalue weighted by atomic mass is 10.4. The standard InChI is InChI=1S/C8H11NO3S2/c1-5-4-14-8(13)9(5)12-6(2)7(10)11-3/h4,6H,1-3H3/t6-/m0/s1. The van der Waals surface area contributed by atoms with E-state index in [0.717, 1.165) is 5.69 Å². The van der Waals surface area contributed by atoms with Gasteiger partial charge in [0.1, 0.15) is 0 Å². The van der Waals surface area contributed by atoms with Crippen LogP contribution in [0.4, 0.5) is 0 Å². The van der Waals surface area contributed by atoms with Gasteiger partial charge in [-0.15, -0.1) is 11.3 Å². The van der Waals surface area contributed by atoms with Crippen molar-refractivity contribution >= 4 is 29.5 Å². The summed E-state index contributed by atoms with van der Waals surface area (Å²) in [6.45, 7) is 3.47. The summed E-state index contributed by atoms with van der Waals surface area (Å²) in [5.41, 5.74) is 0.871. The predicted octanol–water partition coefficient (Wildman–Crippen LogP) is 1.58. The number of hydrogen-bond donors (Lipinski definition) is 0. The van der Waals surface area contributed by atoms with Crippen molar-refractivity contribution in [1.82, 2.24) is 4.73 Å². The van der Waals surface area contributed by atoms with Crippen molar-refractivity contribution in [2.24, 2.45) is 0 Å². The molecule has 4 nitrogen and oxygen atoms in total. The normalized spacial score (nSPS) is 12.2. The molecule has 14 heavy (non-hydrogen) atoms. The van der Waals surface area contributed by atoms with Crippen LogP contribution in [0, 0.1) is 10.9 Å². The minimum Gasteiger partial charge on any atom is -0.466 e. The number of methoxy groups -OCH3 is 1. The van der Waals surface area contributed by atoms with Gasteiger partial charge in [0.2, 0.25) is 6.10 Å². The quantitative estimate of drug-likeness (QED) is 0.587. The molecule has 0 fully saturated rings. The van der Waals surface area contributed by atoms with Crippen molar-refractivity contribution in [2.45, 2.75) is 20.0 Å². The Bertz CT molecular complexity index is 382. The molecule has 0 aliphatic rings. The molecular weight excluding hydrogens is 222 g/mol. The minimum atomic E-state index is -0.653. The Labute approximate surface area is 91.0 Å². The molecule has 78 valence electrons. The molecule has 0 radical (unpaired) electrons. The number of hydrogen-bond acceptors (Lipinski definition) is 5. The maximum Gasteiger partial charge on any atom is 0.349 e. The fourth-order valence-corrected chi connectivity index (χ4v) is 1.85. The van der Waals surface area contributed by atoms with E-state index >= 15 is 0 Å². The Morgan fingerprint density at radius 2 is 2.36 bits per heavy atom. The van der Waals surface area contributed by atoms with Crippen LogP contribution < -0.4 is 4.84 Å². The third-order valence-electron chi connectivity index (χ3n) is 1.61. The molecular formula is C8H11NO3S2. The van der Waals surface area contributed by atoms with Gasteiger partial charge in [0.05, 0.1) is 12.8 Å². The van der Waals surface area contributed by atoms with Crippen molar-refractivity contribution in [2.75, 3.05) is 7.11 Å². The van der Waals surface area contributed by atoms with E-state index in [4.69, 9.17) is 17.1 Å². The molecule has 1 heterocycles. The highest BCUT2D eigenvalue weighted by Gasteiger charge is 2.16. The molecule has 0 N–H and O–H groups in total. The van der Waals surface area contributed by atoms with E-state index in [1.807, 2.05) is 12.3 Å². The average Bonchev–Trinajstić information content (AvgIpc) is 2.48. The maximum atomic E-state index is 11.1. The number of aromatic nitrogens is 1. The summed E-state index contributed by atoms with van der Waals surface area (Å²) < 4.78 is 6.57. The summed E-state index contributed by atoms with van der Waals surface area (Å²) in [4.78, 5) is 16.4. The van der Waals surface area contributed by atoms with E-state index in [9.17, 15) is 4.79 Å². The Hall–Kier alpha value is -0.880. The van der Waals surface area contributed by atoms with Gasteiger partial charge in [0.25, 0.3) is 0 Å². The zero-order chi connectivity index (χ0) is 10.7. The molecule has 0 saturated heterocycles. The first-order valence-corrected chi connectivity index (χ1v) is 5.27. The van der Waals surface area contributed by atoms with E-state index in [0.29, 0.717) is 3.95 Å². The summed E-state index contributed by atoms with van der Waals surface area (Å²) in [6, 6.07) is 0. The lowest BCUT2D eigenvalue weighted by Crippen LogP contribution is -2.31. The van der Waals surface area contributed by atoms with Gasteiger partial charge in [0.15, 0.2) is 3.95 Å². The van der Waals surface area contributed by atoms with Crippen LogP contribution in [0.2, 0.25) is 0 Å². The first-order valence-electron chi connectivity index (χ1n) is 3.98. The fourth-order valence-electron chi connectivity index (χ4n) is 0.869. The summed E-state index contributed by atoms with van der Waals surface area (Å²) in [7, 11) is 1.32. The second kappa shape index (κ2) is 4.56. The van der Waals surface area contributed by atoms with Gasteiger partial charge >= 0.3 is 5.97 Å². The Kier molecular flexibility index (Phi) is 3.65. The van der Waals surface area contributed by atoms with Gasteiger partial charge in [-0.2, -0.15) is 4.73 Å². The summed E-state index contributed by atoms with van der Waals surface area (Å²) in [6.07, 6.45) is -0.653. The second-order valence-electron chi connectivity index (χ2n) is 2.71. The molecule has 0 unspecified atom stereocenters. The van der Waals surface area contributed by atoms with Crippen LogP contribution in [-0.4, -0.2) is 23.9 Å². The first kappa shape index (κ1) is 11.2. The Morgan fingerprint density at radius 3 is 2.79 bits per heavy atom. The number of esters is 1. The fraction of sp³-hybridized carbons (Fsp3) is 0.500. The van der Waals surface area contributed by atoms with E-state index < -0.39 is 12.1 Å². The first-order chi connectivity index (χ1) is 6.56. The SMILES string of the molecule is COC(=O)[C@H](C)On1c(C)csc1=S. The van der Waals surface area contributed by atoms with Crippen molar-refractivity contribution in [3.8, 4) is 0 Å². The number of aryl methyl sites for hydroxylation is 1. The number of ether oxygens (including phenoxy) is 1. The zero-order valence-corrected chi connectivity index (χ0v) is 9.78. The molecule has 1 aromatic rings. The monoisotopic (exact) mass is 233 g/mol.